The van der Waals surface area contributed by atoms with Gasteiger partial charge in [-0.25, -0.2) is 14.1 Å². The number of hydrogen-bond acceptors (Lipinski definition) is 7. The van der Waals surface area contributed by atoms with Crippen LogP contribution < -0.4 is 10.1 Å². The molecule has 0 spiro atoms. The molecule has 0 bridgehead atoms. The van der Waals surface area contributed by atoms with Crippen LogP contribution in [0.1, 0.15) is 41.6 Å². The highest BCUT2D eigenvalue weighted by atomic mass is 19.1. The third-order valence-electron chi connectivity index (χ3n) is 7.56. The van der Waals surface area contributed by atoms with Crippen molar-refractivity contribution in [2.24, 2.45) is 5.92 Å². The molecule has 1 aliphatic rings. The van der Waals surface area contributed by atoms with Gasteiger partial charge in [0.1, 0.15) is 30.8 Å². The van der Waals surface area contributed by atoms with Crippen molar-refractivity contribution in [3.8, 4) is 5.75 Å². The number of cyclic esters (lactones) is 1. The molecule has 2 unspecified atom stereocenters. The maximum absolute atomic E-state index is 14.4. The third-order valence-corrected chi connectivity index (χ3v) is 7.56. The van der Waals surface area contributed by atoms with E-state index in [1.54, 1.807) is 24.3 Å². The number of hydrogen-bond donors (Lipinski definition) is 1. The van der Waals surface area contributed by atoms with Crippen molar-refractivity contribution in [3.63, 3.8) is 0 Å². The molecule has 8 nitrogen and oxygen atoms in total. The number of esters is 1. The number of imide groups is 1. The Bertz CT molecular complexity index is 1550. The summed E-state index contributed by atoms with van der Waals surface area (Å²) in [5, 5.41) is 3.36. The number of benzene rings is 4. The van der Waals surface area contributed by atoms with Gasteiger partial charge in [-0.3, -0.25) is 9.59 Å². The zero-order chi connectivity index (χ0) is 30.9. The predicted octanol–water partition coefficient (Wildman–Crippen LogP) is 6.85. The maximum atomic E-state index is 14.4. The second-order valence-electron chi connectivity index (χ2n) is 10.4. The number of methoxy groups -OCH3 is 1. The van der Waals surface area contributed by atoms with Crippen LogP contribution in [0.4, 0.5) is 14.9 Å². The Morgan fingerprint density at radius 1 is 0.932 bits per heavy atom. The molecular weight excluding hydrogens is 563 g/mol. The summed E-state index contributed by atoms with van der Waals surface area (Å²) >= 11 is 0. The molecule has 1 fully saturated rings. The Hall–Kier alpha value is -5.18. The molecule has 0 aliphatic carbocycles. The van der Waals surface area contributed by atoms with Gasteiger partial charge in [0.05, 0.1) is 19.1 Å². The lowest BCUT2D eigenvalue weighted by Gasteiger charge is -2.32. The first-order chi connectivity index (χ1) is 21.4. The molecule has 44 heavy (non-hydrogen) atoms. The molecule has 1 heterocycles. The first-order valence-corrected chi connectivity index (χ1v) is 14.3. The third kappa shape index (κ3) is 7.42. The van der Waals surface area contributed by atoms with Crippen LogP contribution in [-0.4, -0.2) is 36.6 Å². The fraction of sp³-hybridized carbons (Fsp3) is 0.229. The number of carbonyl (C=O) groups is 3. The van der Waals surface area contributed by atoms with E-state index in [-0.39, 0.29) is 19.4 Å². The monoisotopic (exact) mass is 596 g/mol. The van der Waals surface area contributed by atoms with Gasteiger partial charge in [0, 0.05) is 12.1 Å². The quantitative estimate of drug-likeness (QED) is 0.179. The molecule has 1 saturated heterocycles. The number of rotatable bonds is 12. The molecule has 3 atom stereocenters. The number of ether oxygens (including phenoxy) is 3. The van der Waals surface area contributed by atoms with Crippen molar-refractivity contribution >= 4 is 23.7 Å². The van der Waals surface area contributed by atoms with Gasteiger partial charge in [-0.05, 0) is 59.5 Å². The summed E-state index contributed by atoms with van der Waals surface area (Å²) in [6, 6.07) is 30.6. The summed E-state index contributed by atoms with van der Waals surface area (Å²) in [5.41, 5.74) is 3.03. The molecule has 0 aromatic heterocycles. The second kappa shape index (κ2) is 14.3. The maximum Gasteiger partial charge on any atom is 0.417 e. The highest BCUT2D eigenvalue weighted by Crippen LogP contribution is 2.37. The first-order valence-electron chi connectivity index (χ1n) is 14.3. The Morgan fingerprint density at radius 3 is 2.25 bits per heavy atom. The lowest BCUT2D eigenvalue weighted by atomic mass is 9.87. The van der Waals surface area contributed by atoms with Crippen molar-refractivity contribution in [2.45, 2.75) is 31.5 Å². The molecule has 0 saturated carbocycles. The topological polar surface area (TPSA) is 94.2 Å². The zero-order valence-electron chi connectivity index (χ0n) is 24.2. The molecule has 226 valence electrons. The van der Waals surface area contributed by atoms with E-state index in [9.17, 15) is 18.8 Å². The molecule has 5 rings (SSSR count). The lowest BCUT2D eigenvalue weighted by molar-refractivity contribution is -0.141. The van der Waals surface area contributed by atoms with E-state index >= 15 is 0 Å². The largest absolute Gasteiger partial charge is 0.489 e. The molecule has 1 N–H and O–H groups in total. The number of halogens is 1. The fourth-order valence-corrected chi connectivity index (χ4v) is 5.23. The van der Waals surface area contributed by atoms with Crippen LogP contribution >= 0.6 is 0 Å². The summed E-state index contributed by atoms with van der Waals surface area (Å²) in [7, 11) is 1.28. The fourth-order valence-electron chi connectivity index (χ4n) is 5.23. The minimum absolute atomic E-state index is 0.0157. The van der Waals surface area contributed by atoms with E-state index in [0.717, 1.165) is 16.0 Å². The molecule has 4 aromatic carbocycles. The average molecular weight is 597 g/mol. The van der Waals surface area contributed by atoms with Crippen molar-refractivity contribution in [2.75, 3.05) is 19.0 Å². The van der Waals surface area contributed by atoms with Crippen LogP contribution in [0.2, 0.25) is 0 Å². The smallest absolute Gasteiger partial charge is 0.417 e. The Kier molecular flexibility index (Phi) is 9.86. The van der Waals surface area contributed by atoms with Crippen molar-refractivity contribution < 1.29 is 33.0 Å². The van der Waals surface area contributed by atoms with Gasteiger partial charge in [0.15, 0.2) is 0 Å². The summed E-state index contributed by atoms with van der Waals surface area (Å²) in [6.07, 6.45) is -0.745. The van der Waals surface area contributed by atoms with Crippen LogP contribution in [0.3, 0.4) is 0 Å². The van der Waals surface area contributed by atoms with E-state index in [4.69, 9.17) is 14.2 Å². The van der Waals surface area contributed by atoms with Gasteiger partial charge >= 0.3 is 12.1 Å². The molecule has 9 heteroatoms. The van der Waals surface area contributed by atoms with Gasteiger partial charge in [-0.15, -0.1) is 0 Å². The van der Waals surface area contributed by atoms with Crippen molar-refractivity contribution in [3.05, 3.63) is 132 Å². The van der Waals surface area contributed by atoms with E-state index in [0.29, 0.717) is 23.6 Å². The lowest BCUT2D eigenvalue weighted by Crippen LogP contribution is -2.42. The first kappa shape index (κ1) is 30.3. The molecule has 4 aromatic rings. The zero-order valence-corrected chi connectivity index (χ0v) is 24.2. The summed E-state index contributed by atoms with van der Waals surface area (Å²) in [6.45, 7) is 0.400. The summed E-state index contributed by atoms with van der Waals surface area (Å²) < 4.78 is 29.9. The predicted molar refractivity (Wildman–Crippen MR) is 162 cm³/mol. The summed E-state index contributed by atoms with van der Waals surface area (Å²) in [4.78, 5) is 40.8. The normalized spacial score (nSPS) is 15.6. The molecule has 0 radical (unpaired) electrons. The van der Waals surface area contributed by atoms with Gasteiger partial charge in [-0.2, -0.15) is 0 Å². The van der Waals surface area contributed by atoms with E-state index in [2.05, 4.69) is 5.32 Å². The van der Waals surface area contributed by atoms with Crippen LogP contribution in [0.15, 0.2) is 109 Å². The molecule has 1 aliphatic heterocycles. The minimum atomic E-state index is -0.910. The van der Waals surface area contributed by atoms with Gasteiger partial charge in [0.2, 0.25) is 5.91 Å². The molecular formula is C35H33FN2O6. The van der Waals surface area contributed by atoms with Crippen LogP contribution in [0.5, 0.6) is 5.75 Å². The number of anilines is 1. The van der Waals surface area contributed by atoms with E-state index in [1.807, 2.05) is 72.8 Å². The Labute approximate surface area is 255 Å². The van der Waals surface area contributed by atoms with Crippen LogP contribution in [-0.2, 0) is 25.7 Å². The Balaban J connectivity index is 1.48. The standard InChI is InChI=1S/C35H33FN2O6/c1-42-32(39)21-20-30(34(40)38-31(23-44-35(38)41)25-10-6-3-7-11-25)33(37-28-16-14-27(36)15-17-28)26-12-18-29(19-13-26)43-22-24-8-4-2-5-9-24/h2-19,30-31,33,37H,20-23H2,1H3/t30?,31-,33?/m0/s1. The van der Waals surface area contributed by atoms with Crippen LogP contribution in [0, 0.1) is 11.7 Å². The van der Waals surface area contributed by atoms with Crippen molar-refractivity contribution in [1.82, 2.24) is 4.90 Å². The highest BCUT2D eigenvalue weighted by Gasteiger charge is 2.44. The van der Waals surface area contributed by atoms with Gasteiger partial charge < -0.3 is 19.5 Å². The second-order valence-corrected chi connectivity index (χ2v) is 10.4. The summed E-state index contributed by atoms with van der Waals surface area (Å²) in [5.74, 6) is -1.68. The number of amides is 2. The Morgan fingerprint density at radius 2 is 1.59 bits per heavy atom. The minimum Gasteiger partial charge on any atom is -0.489 e. The highest BCUT2D eigenvalue weighted by molar-refractivity contribution is 5.95. The number of nitrogens with zero attached hydrogens (tertiary/aromatic N) is 1. The van der Waals surface area contributed by atoms with Crippen LogP contribution in [0.25, 0.3) is 0 Å². The number of nitrogens with one attached hydrogen (secondary N) is 1. The van der Waals surface area contributed by atoms with E-state index in [1.165, 1.54) is 19.2 Å². The number of carbonyl (C=O) groups excluding carboxylic acids is 3. The average Bonchev–Trinajstić information content (AvgIpc) is 3.46. The molecule has 2 amide bonds. The van der Waals surface area contributed by atoms with Gasteiger partial charge in [-0.1, -0.05) is 72.8 Å². The van der Waals surface area contributed by atoms with Crippen molar-refractivity contribution in [1.29, 1.82) is 0 Å². The SMILES string of the molecule is COC(=O)CCC(C(=O)N1C(=O)OC[C@H]1c1ccccc1)C(Nc1ccc(F)cc1)c1ccc(OCc2ccccc2)cc1. The van der Waals surface area contributed by atoms with E-state index < -0.39 is 41.8 Å². The van der Waals surface area contributed by atoms with Gasteiger partial charge in [0.25, 0.3) is 0 Å².